The van der Waals surface area contributed by atoms with Crippen molar-refractivity contribution in [3.8, 4) is 0 Å². The molecular formula is C31H37F2N5O5. The first-order chi connectivity index (χ1) is 20.5. The number of amides is 5. The Hall–Kier alpha value is -4.32. The maximum absolute atomic E-state index is 14.2. The third-order valence-corrected chi connectivity index (χ3v) is 8.45. The molecule has 0 aromatic heterocycles. The summed E-state index contributed by atoms with van der Waals surface area (Å²) >= 11 is 0. The minimum atomic E-state index is -1.35. The first kappa shape index (κ1) is 31.6. The molecule has 2 aliphatic rings. The van der Waals surface area contributed by atoms with Gasteiger partial charge >= 0.3 is 18.0 Å². The molecule has 2 aromatic carbocycles. The van der Waals surface area contributed by atoms with Gasteiger partial charge in [-0.1, -0.05) is 43.3 Å². The Balaban J connectivity index is 1.44. The molecule has 5 amide bonds. The summed E-state index contributed by atoms with van der Waals surface area (Å²) in [5.74, 6) is -3.46. The van der Waals surface area contributed by atoms with E-state index in [9.17, 15) is 28.0 Å². The maximum atomic E-state index is 14.2. The summed E-state index contributed by atoms with van der Waals surface area (Å²) in [6.07, 6.45) is 1.89. The number of piperidine rings is 1. The monoisotopic (exact) mass is 597 g/mol. The Morgan fingerprint density at radius 3 is 2.37 bits per heavy atom. The van der Waals surface area contributed by atoms with Gasteiger partial charge in [0.15, 0.2) is 11.6 Å². The Kier molecular flexibility index (Phi) is 9.80. The molecule has 0 bridgehead atoms. The van der Waals surface area contributed by atoms with Crippen LogP contribution in [0, 0.1) is 11.6 Å². The van der Waals surface area contributed by atoms with Gasteiger partial charge in [-0.05, 0) is 69.0 Å². The average molecular weight is 598 g/mol. The topological polar surface area (TPSA) is 134 Å². The van der Waals surface area contributed by atoms with E-state index in [1.165, 1.54) is 13.2 Å². The SMILES string of the molecule is CCC1=C(C(N)=O)C(c2ccc(F)c(F)c2)N(C(=O)NCC[C@H](C)N2CCC(C(=O)OC)(c3ccccc3)CC2)C(=O)N1. The van der Waals surface area contributed by atoms with Gasteiger partial charge in [0.05, 0.1) is 18.1 Å². The van der Waals surface area contributed by atoms with Crippen molar-refractivity contribution in [1.82, 2.24) is 20.4 Å². The fraction of sp³-hybridized carbons (Fsp3) is 0.419. The molecule has 2 atom stereocenters. The van der Waals surface area contributed by atoms with Crippen LogP contribution in [-0.2, 0) is 19.7 Å². The standard InChI is InChI=1S/C31H37F2N5O5/c1-4-24-25(27(34)39)26(20-10-11-22(32)23(33)18-20)38(30(42)36-24)29(41)35-15-12-19(2)37-16-13-31(14-17-37,28(40)43-3)21-8-6-5-7-9-21/h5-11,18-19,26H,4,12-17H2,1-3H3,(H2,34,39)(H,35,41)(H,36,42)/t19-,26?/m0/s1. The summed E-state index contributed by atoms with van der Waals surface area (Å²) in [5.41, 5.74) is 5.98. The van der Waals surface area contributed by atoms with E-state index in [0.29, 0.717) is 32.4 Å². The van der Waals surface area contributed by atoms with E-state index in [0.717, 1.165) is 22.6 Å². The highest BCUT2D eigenvalue weighted by Gasteiger charge is 2.45. The molecule has 2 heterocycles. The Morgan fingerprint density at radius 1 is 1.12 bits per heavy atom. The minimum absolute atomic E-state index is 0.0247. The van der Waals surface area contributed by atoms with Crippen molar-refractivity contribution >= 4 is 23.9 Å². The lowest BCUT2D eigenvalue weighted by Crippen LogP contribution is -2.55. The highest BCUT2D eigenvalue weighted by molar-refractivity contribution is 6.02. The predicted octanol–water partition coefficient (Wildman–Crippen LogP) is 3.88. The number of allylic oxidation sites excluding steroid dienone is 1. The minimum Gasteiger partial charge on any atom is -0.468 e. The van der Waals surface area contributed by atoms with Gasteiger partial charge in [0.1, 0.15) is 6.04 Å². The zero-order valence-electron chi connectivity index (χ0n) is 24.5. The van der Waals surface area contributed by atoms with Crippen LogP contribution in [0.5, 0.6) is 0 Å². The van der Waals surface area contributed by atoms with Crippen molar-refractivity contribution in [2.45, 2.75) is 57.0 Å². The van der Waals surface area contributed by atoms with Crippen molar-refractivity contribution in [3.05, 3.63) is 82.6 Å². The van der Waals surface area contributed by atoms with Crippen molar-refractivity contribution in [2.24, 2.45) is 5.73 Å². The van der Waals surface area contributed by atoms with Crippen molar-refractivity contribution in [2.75, 3.05) is 26.7 Å². The number of urea groups is 2. The number of carbonyl (C=O) groups excluding carboxylic acids is 4. The number of primary amides is 1. The number of nitrogens with zero attached hydrogens (tertiary/aromatic N) is 2. The first-order valence-corrected chi connectivity index (χ1v) is 14.3. The van der Waals surface area contributed by atoms with Crippen LogP contribution in [0.4, 0.5) is 18.4 Å². The van der Waals surface area contributed by atoms with Gasteiger partial charge in [0.25, 0.3) is 0 Å². The third kappa shape index (κ3) is 6.38. The van der Waals surface area contributed by atoms with Gasteiger partial charge in [-0.15, -0.1) is 0 Å². The number of nitrogens with two attached hydrogens (primary N) is 1. The summed E-state index contributed by atoms with van der Waals surface area (Å²) in [6, 6.07) is 9.56. The summed E-state index contributed by atoms with van der Waals surface area (Å²) < 4.78 is 33.1. The average Bonchev–Trinajstić information content (AvgIpc) is 3.01. The van der Waals surface area contributed by atoms with Gasteiger partial charge in [0.2, 0.25) is 5.91 Å². The number of carbonyl (C=O) groups is 4. The number of methoxy groups -OCH3 is 1. The maximum Gasteiger partial charge on any atom is 0.330 e. The highest BCUT2D eigenvalue weighted by Crippen LogP contribution is 2.38. The molecule has 43 heavy (non-hydrogen) atoms. The van der Waals surface area contributed by atoms with Gasteiger partial charge < -0.3 is 26.0 Å². The number of imide groups is 1. The van der Waals surface area contributed by atoms with Crippen LogP contribution in [0.1, 0.15) is 56.7 Å². The lowest BCUT2D eigenvalue weighted by atomic mass is 9.72. The van der Waals surface area contributed by atoms with Crippen LogP contribution in [0.3, 0.4) is 0 Å². The van der Waals surface area contributed by atoms with Crippen LogP contribution in [0.15, 0.2) is 59.8 Å². The molecule has 2 aliphatic heterocycles. The van der Waals surface area contributed by atoms with Gasteiger partial charge in [-0.25, -0.2) is 23.3 Å². The number of hydrogen-bond donors (Lipinski definition) is 3. The molecule has 12 heteroatoms. The Bertz CT molecular complexity index is 1410. The number of benzene rings is 2. The van der Waals surface area contributed by atoms with E-state index in [1.807, 2.05) is 37.3 Å². The second-order valence-electron chi connectivity index (χ2n) is 10.8. The number of rotatable bonds is 9. The predicted molar refractivity (Wildman–Crippen MR) is 154 cm³/mol. The van der Waals surface area contributed by atoms with Crippen LogP contribution in [0.2, 0.25) is 0 Å². The van der Waals surface area contributed by atoms with E-state index in [-0.39, 0.29) is 41.8 Å². The molecule has 1 unspecified atom stereocenters. The zero-order chi connectivity index (χ0) is 31.3. The second-order valence-corrected chi connectivity index (χ2v) is 10.8. The summed E-state index contributed by atoms with van der Waals surface area (Å²) in [7, 11) is 1.40. The van der Waals surface area contributed by atoms with Gasteiger partial charge in [0, 0.05) is 18.3 Å². The van der Waals surface area contributed by atoms with E-state index >= 15 is 0 Å². The number of hydrogen-bond acceptors (Lipinski definition) is 6. The van der Waals surface area contributed by atoms with E-state index in [4.69, 9.17) is 10.5 Å². The van der Waals surface area contributed by atoms with Gasteiger partial charge in [-0.3, -0.25) is 9.59 Å². The summed E-state index contributed by atoms with van der Waals surface area (Å²) in [6.45, 7) is 5.16. The second kappa shape index (κ2) is 13.3. The first-order valence-electron chi connectivity index (χ1n) is 14.3. The number of esters is 1. The van der Waals surface area contributed by atoms with Crippen LogP contribution >= 0.6 is 0 Å². The van der Waals surface area contributed by atoms with Crippen LogP contribution < -0.4 is 16.4 Å². The van der Waals surface area contributed by atoms with Crippen molar-refractivity contribution < 1.29 is 32.7 Å². The smallest absolute Gasteiger partial charge is 0.330 e. The molecule has 10 nitrogen and oxygen atoms in total. The summed E-state index contributed by atoms with van der Waals surface area (Å²) in [4.78, 5) is 54.7. The fourth-order valence-electron chi connectivity index (χ4n) is 6.00. The molecule has 0 spiro atoms. The van der Waals surface area contributed by atoms with E-state index < -0.39 is 41.1 Å². The normalized spacial score (nSPS) is 19.4. The van der Waals surface area contributed by atoms with E-state index in [2.05, 4.69) is 15.5 Å². The molecule has 230 valence electrons. The molecule has 0 saturated carbocycles. The van der Waals surface area contributed by atoms with E-state index in [1.54, 1.807) is 6.92 Å². The lowest BCUT2D eigenvalue weighted by molar-refractivity contribution is -0.150. The van der Waals surface area contributed by atoms with Crippen molar-refractivity contribution in [3.63, 3.8) is 0 Å². The molecule has 4 N–H and O–H groups in total. The molecule has 4 rings (SSSR count). The lowest BCUT2D eigenvalue weighted by Gasteiger charge is -2.42. The largest absolute Gasteiger partial charge is 0.468 e. The Labute approximate surface area is 249 Å². The fourth-order valence-corrected chi connectivity index (χ4v) is 6.00. The number of nitrogens with one attached hydrogen (secondary N) is 2. The number of likely N-dealkylation sites (tertiary alicyclic amines) is 1. The molecule has 0 aliphatic carbocycles. The van der Waals surface area contributed by atoms with Crippen LogP contribution in [-0.4, -0.2) is 66.5 Å². The third-order valence-electron chi connectivity index (χ3n) is 8.45. The summed E-state index contributed by atoms with van der Waals surface area (Å²) in [5, 5.41) is 5.25. The highest BCUT2D eigenvalue weighted by atomic mass is 19.2. The van der Waals surface area contributed by atoms with Crippen LogP contribution in [0.25, 0.3) is 0 Å². The molecule has 2 aromatic rings. The molecular weight excluding hydrogens is 560 g/mol. The van der Waals surface area contributed by atoms with Crippen molar-refractivity contribution in [1.29, 1.82) is 0 Å². The number of ether oxygens (including phenoxy) is 1. The molecule has 1 saturated heterocycles. The quantitative estimate of drug-likeness (QED) is 0.376. The number of halogens is 2. The zero-order valence-corrected chi connectivity index (χ0v) is 24.5. The van der Waals surface area contributed by atoms with Gasteiger partial charge in [-0.2, -0.15) is 0 Å². The molecule has 0 radical (unpaired) electrons. The molecule has 1 fully saturated rings. The Morgan fingerprint density at radius 2 is 1.79 bits per heavy atom.